The molecule has 2 heterocycles. The Morgan fingerprint density at radius 1 is 1.20 bits per heavy atom. The van der Waals surface area contributed by atoms with Crippen LogP contribution in [0, 0.1) is 11.3 Å². The fraction of sp³-hybridized carbons (Fsp3) is 0.360. The first-order chi connectivity index (χ1) is 14.5. The van der Waals surface area contributed by atoms with Crippen LogP contribution in [0.1, 0.15) is 59.4 Å². The van der Waals surface area contributed by atoms with Crippen molar-refractivity contribution in [2.24, 2.45) is 0 Å². The van der Waals surface area contributed by atoms with Gasteiger partial charge in [-0.1, -0.05) is 32.0 Å². The number of aromatic nitrogens is 1. The Kier molecular flexibility index (Phi) is 4.23. The summed E-state index contributed by atoms with van der Waals surface area (Å²) < 4.78 is 0. The van der Waals surface area contributed by atoms with Crippen molar-refractivity contribution in [1.29, 1.82) is 5.26 Å². The number of aromatic amines is 1. The van der Waals surface area contributed by atoms with Gasteiger partial charge in [0.25, 0.3) is 0 Å². The average Bonchev–Trinajstić information content (AvgIpc) is 3.18. The lowest BCUT2D eigenvalue weighted by Gasteiger charge is -2.37. The Morgan fingerprint density at radius 2 is 1.93 bits per heavy atom. The van der Waals surface area contributed by atoms with Crippen LogP contribution >= 0.6 is 0 Å². The average molecular weight is 399 g/mol. The van der Waals surface area contributed by atoms with Crippen molar-refractivity contribution in [3.63, 3.8) is 0 Å². The number of carbonyl (C=O) groups excluding carboxylic acids is 1. The molecule has 0 bridgehead atoms. The summed E-state index contributed by atoms with van der Waals surface area (Å²) in [5.74, 6) is 0.00807. The van der Waals surface area contributed by atoms with Gasteiger partial charge < -0.3 is 15.2 Å². The molecule has 1 aromatic heterocycles. The van der Waals surface area contributed by atoms with Gasteiger partial charge in [-0.3, -0.25) is 4.79 Å². The number of H-pyrrole nitrogens is 1. The monoisotopic (exact) mass is 398 g/mol. The highest BCUT2D eigenvalue weighted by atomic mass is 16.1. The quantitative estimate of drug-likeness (QED) is 0.682. The summed E-state index contributed by atoms with van der Waals surface area (Å²) in [6, 6.07) is 14.8. The first-order valence-electron chi connectivity index (χ1n) is 10.6. The molecule has 0 amide bonds. The molecule has 1 aliphatic carbocycles. The molecule has 5 rings (SSSR count). The molecule has 0 radical (unpaired) electrons. The first-order valence-corrected chi connectivity index (χ1v) is 10.6. The molecule has 2 aromatic carbocycles. The zero-order chi connectivity index (χ0) is 21.0. The summed E-state index contributed by atoms with van der Waals surface area (Å²) in [5, 5.41) is 14.2. The highest BCUT2D eigenvalue weighted by Gasteiger charge is 2.40. The minimum atomic E-state index is -0.358. The fourth-order valence-corrected chi connectivity index (χ4v) is 5.17. The minimum absolute atomic E-state index is 0.00807. The van der Waals surface area contributed by atoms with Crippen LogP contribution in [-0.2, 0) is 5.41 Å². The van der Waals surface area contributed by atoms with E-state index in [1.165, 1.54) is 0 Å². The molecular weight excluding hydrogens is 372 g/mol. The highest BCUT2D eigenvalue weighted by molar-refractivity contribution is 6.20. The zero-order valence-corrected chi connectivity index (χ0v) is 17.7. The second-order valence-corrected chi connectivity index (χ2v) is 8.95. The molecule has 0 unspecified atom stereocenters. The lowest BCUT2D eigenvalue weighted by Crippen LogP contribution is -2.41. The number of para-hydroxylation sites is 1. The Bertz CT molecular complexity index is 1210. The third kappa shape index (κ3) is 2.60. The van der Waals surface area contributed by atoms with Gasteiger partial charge in [0.1, 0.15) is 6.07 Å². The van der Waals surface area contributed by atoms with Gasteiger partial charge in [0.05, 0.1) is 16.8 Å². The lowest BCUT2D eigenvalue weighted by molar-refractivity contribution is 0.103. The van der Waals surface area contributed by atoms with Crippen molar-refractivity contribution in [3.05, 3.63) is 64.3 Å². The number of benzene rings is 2. The van der Waals surface area contributed by atoms with Gasteiger partial charge in [-0.25, -0.2) is 0 Å². The van der Waals surface area contributed by atoms with Gasteiger partial charge in [-0.15, -0.1) is 0 Å². The standard InChI is InChI=1S/C25H26N4O/c1-25(2)19-13-21(29-10-8-16(27-3)9-11-29)15(14-26)12-18(19)23(30)22-17-6-4-5-7-20(17)28-24(22)25/h4-7,12-13,16,27-28H,8-11H2,1-3H3. The molecule has 0 spiro atoms. The van der Waals surface area contributed by atoms with E-state index in [-0.39, 0.29) is 11.2 Å². The minimum Gasteiger partial charge on any atom is -0.370 e. The molecular formula is C25H26N4O. The number of ketones is 1. The maximum Gasteiger partial charge on any atom is 0.195 e. The Hall–Kier alpha value is -3.10. The van der Waals surface area contributed by atoms with Crippen LogP contribution in [0.5, 0.6) is 0 Å². The van der Waals surface area contributed by atoms with Gasteiger partial charge in [-0.2, -0.15) is 5.26 Å². The molecule has 5 heteroatoms. The van der Waals surface area contributed by atoms with Crippen LogP contribution in [0.15, 0.2) is 36.4 Å². The van der Waals surface area contributed by atoms with Crippen LogP contribution in [0.3, 0.4) is 0 Å². The van der Waals surface area contributed by atoms with Crippen molar-refractivity contribution in [2.45, 2.75) is 38.1 Å². The van der Waals surface area contributed by atoms with Crippen LogP contribution in [0.25, 0.3) is 10.9 Å². The highest BCUT2D eigenvalue weighted by Crippen LogP contribution is 2.45. The second kappa shape index (κ2) is 6.72. The SMILES string of the molecule is CNC1CCN(c2cc3c(cc2C#N)C(=O)c2c([nH]c4ccccc24)C3(C)C)CC1. The first kappa shape index (κ1) is 18.9. The number of piperidine rings is 1. The zero-order valence-electron chi connectivity index (χ0n) is 17.7. The number of hydrogen-bond donors (Lipinski definition) is 2. The van der Waals surface area contributed by atoms with Crippen molar-refractivity contribution >= 4 is 22.4 Å². The summed E-state index contributed by atoms with van der Waals surface area (Å²) in [7, 11) is 2.01. The summed E-state index contributed by atoms with van der Waals surface area (Å²) in [5.41, 5.74) is 5.52. The maximum atomic E-state index is 13.6. The van der Waals surface area contributed by atoms with Crippen molar-refractivity contribution in [3.8, 4) is 6.07 Å². The van der Waals surface area contributed by atoms with Gasteiger partial charge in [0.15, 0.2) is 5.78 Å². The number of nitriles is 1. The number of rotatable bonds is 2. The van der Waals surface area contributed by atoms with E-state index < -0.39 is 0 Å². The molecule has 0 saturated carbocycles. The maximum absolute atomic E-state index is 13.6. The van der Waals surface area contributed by atoms with E-state index >= 15 is 0 Å². The van der Waals surface area contributed by atoms with Crippen LogP contribution < -0.4 is 10.2 Å². The summed E-state index contributed by atoms with van der Waals surface area (Å²) >= 11 is 0. The Labute approximate surface area is 176 Å². The molecule has 0 atom stereocenters. The van der Waals surface area contributed by atoms with Crippen molar-refractivity contribution in [2.75, 3.05) is 25.0 Å². The normalized spacial score (nSPS) is 18.2. The number of fused-ring (bicyclic) bond motifs is 4. The smallest absolute Gasteiger partial charge is 0.195 e. The van der Waals surface area contributed by atoms with E-state index in [0.29, 0.717) is 17.2 Å². The van der Waals surface area contributed by atoms with Gasteiger partial charge >= 0.3 is 0 Å². The van der Waals surface area contributed by atoms with E-state index in [2.05, 4.69) is 41.2 Å². The second-order valence-electron chi connectivity index (χ2n) is 8.95. The summed E-state index contributed by atoms with van der Waals surface area (Å²) in [6.45, 7) is 6.14. The van der Waals surface area contributed by atoms with E-state index in [4.69, 9.17) is 0 Å². The molecule has 3 aromatic rings. The van der Waals surface area contributed by atoms with E-state index in [9.17, 15) is 10.1 Å². The molecule has 1 saturated heterocycles. The van der Waals surface area contributed by atoms with E-state index in [1.807, 2.05) is 37.4 Å². The third-order valence-electron chi connectivity index (χ3n) is 6.98. The van der Waals surface area contributed by atoms with Gasteiger partial charge in [-0.05, 0) is 43.7 Å². The number of hydrogen-bond acceptors (Lipinski definition) is 4. The third-order valence-corrected chi connectivity index (χ3v) is 6.98. The largest absolute Gasteiger partial charge is 0.370 e. The predicted molar refractivity (Wildman–Crippen MR) is 119 cm³/mol. The van der Waals surface area contributed by atoms with E-state index in [0.717, 1.165) is 59.3 Å². The molecule has 5 nitrogen and oxygen atoms in total. The van der Waals surface area contributed by atoms with Crippen LogP contribution in [0.4, 0.5) is 5.69 Å². The molecule has 1 fully saturated rings. The van der Waals surface area contributed by atoms with Crippen LogP contribution in [0.2, 0.25) is 0 Å². The number of carbonyl (C=O) groups is 1. The van der Waals surface area contributed by atoms with Crippen molar-refractivity contribution < 1.29 is 4.79 Å². The predicted octanol–water partition coefficient (Wildman–Crippen LogP) is 4.10. The molecule has 2 N–H and O–H groups in total. The molecule has 2 aliphatic rings. The summed E-state index contributed by atoms with van der Waals surface area (Å²) in [4.78, 5) is 19.4. The molecule has 152 valence electrons. The lowest BCUT2D eigenvalue weighted by atomic mass is 9.70. The van der Waals surface area contributed by atoms with Gasteiger partial charge in [0, 0.05) is 46.7 Å². The fourth-order valence-electron chi connectivity index (χ4n) is 5.17. The summed E-state index contributed by atoms with van der Waals surface area (Å²) in [6.07, 6.45) is 2.10. The number of nitrogens with zero attached hydrogens (tertiary/aromatic N) is 2. The Morgan fingerprint density at radius 3 is 2.63 bits per heavy atom. The number of nitrogens with one attached hydrogen (secondary N) is 2. The van der Waals surface area contributed by atoms with Crippen molar-refractivity contribution in [1.82, 2.24) is 10.3 Å². The topological polar surface area (TPSA) is 71.9 Å². The molecule has 30 heavy (non-hydrogen) atoms. The number of anilines is 1. The Balaban J connectivity index is 1.67. The van der Waals surface area contributed by atoms with E-state index in [1.54, 1.807) is 0 Å². The molecule has 1 aliphatic heterocycles. The van der Waals surface area contributed by atoms with Crippen LogP contribution in [-0.4, -0.2) is 36.9 Å². The van der Waals surface area contributed by atoms with Gasteiger partial charge in [0.2, 0.25) is 0 Å².